The normalized spacial score (nSPS) is 18.3. The van der Waals surface area contributed by atoms with E-state index in [1.54, 1.807) is 0 Å². The Morgan fingerprint density at radius 1 is 0.739 bits per heavy atom. The molecule has 112 valence electrons. The summed E-state index contributed by atoms with van der Waals surface area (Å²) in [4.78, 5) is 4.87. The molecule has 0 radical (unpaired) electrons. The van der Waals surface area contributed by atoms with Gasteiger partial charge in [0.25, 0.3) is 0 Å². The van der Waals surface area contributed by atoms with Crippen LogP contribution in [0.2, 0.25) is 0 Å². The molecule has 2 nitrogen and oxygen atoms in total. The van der Waals surface area contributed by atoms with Crippen molar-refractivity contribution in [2.24, 2.45) is 4.99 Å². The maximum Gasteiger partial charge on any atom is 0.129 e. The second kappa shape index (κ2) is 6.09. The van der Waals surface area contributed by atoms with Crippen molar-refractivity contribution in [3.8, 4) is 5.75 Å². The summed E-state index contributed by atoms with van der Waals surface area (Å²) in [6, 6.07) is 28.6. The smallest absolute Gasteiger partial charge is 0.129 e. The van der Waals surface area contributed by atoms with Crippen molar-refractivity contribution in [1.82, 2.24) is 0 Å². The molecule has 3 aromatic rings. The fraction of sp³-hybridized carbons (Fsp3) is 0.0952. The van der Waals surface area contributed by atoms with E-state index in [1.165, 1.54) is 5.56 Å². The lowest BCUT2D eigenvalue weighted by Gasteiger charge is -2.27. The highest BCUT2D eigenvalue weighted by molar-refractivity contribution is 6.05. The predicted octanol–water partition coefficient (Wildman–Crippen LogP) is 5.33. The zero-order chi connectivity index (χ0) is 15.5. The summed E-state index contributed by atoms with van der Waals surface area (Å²) < 4.78 is 6.21. The Balaban J connectivity index is 1.77. The van der Waals surface area contributed by atoms with Gasteiger partial charge in [0.2, 0.25) is 0 Å². The summed E-state index contributed by atoms with van der Waals surface area (Å²) in [7, 11) is 0. The first-order valence-corrected chi connectivity index (χ1v) is 7.84. The summed E-state index contributed by atoms with van der Waals surface area (Å²) in [5.41, 5.74) is 4.32. The van der Waals surface area contributed by atoms with Crippen molar-refractivity contribution in [3.05, 3.63) is 96.1 Å². The van der Waals surface area contributed by atoms with Crippen molar-refractivity contribution in [1.29, 1.82) is 0 Å². The fourth-order valence-corrected chi connectivity index (χ4v) is 2.91. The SMILES string of the molecule is c1ccc(N=C2CC(c3ccccc3)Oc3ccccc32)cc1. The van der Waals surface area contributed by atoms with Gasteiger partial charge in [0.15, 0.2) is 0 Å². The van der Waals surface area contributed by atoms with Crippen molar-refractivity contribution in [2.75, 3.05) is 0 Å². The van der Waals surface area contributed by atoms with Crippen molar-refractivity contribution in [3.63, 3.8) is 0 Å². The molecule has 0 spiro atoms. The van der Waals surface area contributed by atoms with Gasteiger partial charge in [-0.05, 0) is 29.8 Å². The van der Waals surface area contributed by atoms with Crippen LogP contribution in [0, 0.1) is 0 Å². The lowest BCUT2D eigenvalue weighted by molar-refractivity contribution is 0.206. The molecule has 3 aromatic carbocycles. The fourth-order valence-electron chi connectivity index (χ4n) is 2.91. The van der Waals surface area contributed by atoms with Gasteiger partial charge in [0, 0.05) is 12.0 Å². The van der Waals surface area contributed by atoms with Crippen molar-refractivity contribution >= 4 is 11.4 Å². The molecule has 0 aromatic heterocycles. The molecule has 1 aliphatic heterocycles. The van der Waals surface area contributed by atoms with E-state index >= 15 is 0 Å². The minimum absolute atomic E-state index is 0.00793. The van der Waals surface area contributed by atoms with Crippen molar-refractivity contribution in [2.45, 2.75) is 12.5 Å². The Bertz CT molecular complexity index is 825. The highest BCUT2D eigenvalue weighted by Crippen LogP contribution is 2.36. The van der Waals surface area contributed by atoms with Crippen LogP contribution in [-0.4, -0.2) is 5.71 Å². The molecule has 0 amide bonds. The first kappa shape index (κ1) is 13.8. The molecule has 0 fully saturated rings. The first-order valence-electron chi connectivity index (χ1n) is 7.84. The van der Waals surface area contributed by atoms with Crippen LogP contribution >= 0.6 is 0 Å². The van der Waals surface area contributed by atoms with Gasteiger partial charge in [-0.2, -0.15) is 0 Å². The minimum atomic E-state index is 0.00793. The highest BCUT2D eigenvalue weighted by Gasteiger charge is 2.25. The van der Waals surface area contributed by atoms with Gasteiger partial charge < -0.3 is 4.74 Å². The lowest BCUT2D eigenvalue weighted by Crippen LogP contribution is -2.20. The largest absolute Gasteiger partial charge is 0.485 e. The molecule has 1 atom stereocenters. The number of ether oxygens (including phenoxy) is 1. The van der Waals surface area contributed by atoms with Crippen LogP contribution in [0.5, 0.6) is 5.75 Å². The average molecular weight is 299 g/mol. The molecule has 1 aliphatic rings. The van der Waals surface area contributed by atoms with E-state index in [0.29, 0.717) is 0 Å². The molecule has 0 bridgehead atoms. The zero-order valence-electron chi connectivity index (χ0n) is 12.7. The standard InChI is InChI=1S/C21H17NO/c1-3-9-16(10-4-1)21-15-19(22-17-11-5-2-6-12-17)18-13-7-8-14-20(18)23-21/h1-14,21H,15H2. The Kier molecular flexibility index (Phi) is 3.65. The van der Waals surface area contributed by atoms with E-state index < -0.39 is 0 Å². The van der Waals surface area contributed by atoms with Gasteiger partial charge in [0.1, 0.15) is 11.9 Å². The minimum Gasteiger partial charge on any atom is -0.485 e. The van der Waals surface area contributed by atoms with Crippen LogP contribution in [0.4, 0.5) is 5.69 Å². The number of fused-ring (bicyclic) bond motifs is 1. The van der Waals surface area contributed by atoms with Crippen LogP contribution in [0.25, 0.3) is 0 Å². The van der Waals surface area contributed by atoms with Gasteiger partial charge >= 0.3 is 0 Å². The summed E-state index contributed by atoms with van der Waals surface area (Å²) in [5.74, 6) is 0.905. The number of hydrogen-bond acceptors (Lipinski definition) is 2. The third kappa shape index (κ3) is 2.88. The van der Waals surface area contributed by atoms with Gasteiger partial charge in [-0.15, -0.1) is 0 Å². The Morgan fingerprint density at radius 2 is 1.39 bits per heavy atom. The molecule has 0 saturated heterocycles. The highest BCUT2D eigenvalue weighted by atomic mass is 16.5. The van der Waals surface area contributed by atoms with E-state index in [-0.39, 0.29) is 6.10 Å². The number of para-hydroxylation sites is 2. The average Bonchev–Trinajstić information content (AvgIpc) is 2.63. The monoisotopic (exact) mass is 299 g/mol. The van der Waals surface area contributed by atoms with Gasteiger partial charge in [-0.1, -0.05) is 60.7 Å². The third-order valence-corrected chi connectivity index (χ3v) is 4.04. The van der Waals surface area contributed by atoms with Gasteiger partial charge in [-0.25, -0.2) is 0 Å². The summed E-state index contributed by atoms with van der Waals surface area (Å²) in [6.07, 6.45) is 0.782. The number of benzene rings is 3. The summed E-state index contributed by atoms with van der Waals surface area (Å²) in [6.45, 7) is 0. The molecule has 0 aliphatic carbocycles. The van der Waals surface area contributed by atoms with Crippen LogP contribution in [-0.2, 0) is 0 Å². The molecular weight excluding hydrogens is 282 g/mol. The Hall–Kier alpha value is -2.87. The number of nitrogens with zero attached hydrogens (tertiary/aromatic N) is 1. The molecule has 23 heavy (non-hydrogen) atoms. The molecule has 4 rings (SSSR count). The number of hydrogen-bond donors (Lipinski definition) is 0. The molecule has 0 saturated carbocycles. The third-order valence-electron chi connectivity index (χ3n) is 4.04. The predicted molar refractivity (Wildman–Crippen MR) is 93.5 cm³/mol. The van der Waals surface area contributed by atoms with Crippen molar-refractivity contribution < 1.29 is 4.74 Å². The topological polar surface area (TPSA) is 21.6 Å². The lowest BCUT2D eigenvalue weighted by atomic mass is 9.95. The number of aliphatic imine (C=N–C) groups is 1. The van der Waals surface area contributed by atoms with E-state index in [1.807, 2.05) is 66.7 Å². The van der Waals surface area contributed by atoms with E-state index in [2.05, 4.69) is 18.2 Å². The molecule has 2 heteroatoms. The van der Waals surface area contributed by atoms with Gasteiger partial charge in [0.05, 0.1) is 11.4 Å². The second-order valence-electron chi connectivity index (χ2n) is 5.61. The Labute approximate surface area is 136 Å². The second-order valence-corrected chi connectivity index (χ2v) is 5.61. The van der Waals surface area contributed by atoms with Crippen LogP contribution in [0.1, 0.15) is 23.7 Å². The van der Waals surface area contributed by atoms with E-state index in [4.69, 9.17) is 9.73 Å². The first-order chi connectivity index (χ1) is 11.4. The molecule has 0 N–H and O–H groups in total. The number of rotatable bonds is 2. The van der Waals surface area contributed by atoms with E-state index in [0.717, 1.165) is 29.1 Å². The molecule has 1 unspecified atom stereocenters. The summed E-state index contributed by atoms with van der Waals surface area (Å²) >= 11 is 0. The van der Waals surface area contributed by atoms with Gasteiger partial charge in [-0.3, -0.25) is 4.99 Å². The van der Waals surface area contributed by atoms with E-state index in [9.17, 15) is 0 Å². The van der Waals surface area contributed by atoms with Crippen LogP contribution in [0.3, 0.4) is 0 Å². The van der Waals surface area contributed by atoms with Crippen LogP contribution < -0.4 is 4.74 Å². The Morgan fingerprint density at radius 3 is 2.17 bits per heavy atom. The van der Waals surface area contributed by atoms with Crippen LogP contribution in [0.15, 0.2) is 89.9 Å². The zero-order valence-corrected chi connectivity index (χ0v) is 12.7. The maximum absolute atomic E-state index is 6.21. The maximum atomic E-state index is 6.21. The summed E-state index contributed by atoms with van der Waals surface area (Å²) in [5, 5.41) is 0. The quantitative estimate of drug-likeness (QED) is 0.626. The molecular formula is C21H17NO. The molecule has 1 heterocycles.